The topological polar surface area (TPSA) is 95.4 Å². The van der Waals surface area contributed by atoms with Gasteiger partial charge in [0.1, 0.15) is 11.6 Å². The molecule has 21 heavy (non-hydrogen) atoms. The van der Waals surface area contributed by atoms with E-state index in [-0.39, 0.29) is 12.5 Å². The van der Waals surface area contributed by atoms with Crippen molar-refractivity contribution in [3.05, 3.63) is 17.6 Å². The number of aliphatic hydroxyl groups excluding tert-OH is 1. The second-order valence-electron chi connectivity index (χ2n) is 5.36. The molecule has 0 saturated carbocycles. The SMILES string of the molecule is Cc1cc(NCCO)nc([C@H]2CCCN(S(C)(=O)=O)C2)n1. The highest BCUT2D eigenvalue weighted by atomic mass is 32.2. The van der Waals surface area contributed by atoms with Gasteiger partial charge in [-0.25, -0.2) is 22.7 Å². The van der Waals surface area contributed by atoms with Crippen LogP contribution in [0.15, 0.2) is 6.07 Å². The molecule has 0 aromatic carbocycles. The molecule has 1 aromatic rings. The molecule has 2 heterocycles. The molecule has 118 valence electrons. The molecule has 1 aliphatic rings. The number of piperidine rings is 1. The van der Waals surface area contributed by atoms with E-state index in [1.165, 1.54) is 10.6 Å². The van der Waals surface area contributed by atoms with Gasteiger partial charge in [-0.3, -0.25) is 0 Å². The largest absolute Gasteiger partial charge is 0.395 e. The highest BCUT2D eigenvalue weighted by molar-refractivity contribution is 7.88. The monoisotopic (exact) mass is 314 g/mol. The molecule has 0 amide bonds. The van der Waals surface area contributed by atoms with E-state index in [4.69, 9.17) is 5.11 Å². The zero-order chi connectivity index (χ0) is 15.5. The van der Waals surface area contributed by atoms with Crippen LogP contribution >= 0.6 is 0 Å². The van der Waals surface area contributed by atoms with Gasteiger partial charge in [-0.05, 0) is 19.8 Å². The number of nitrogens with zero attached hydrogens (tertiary/aromatic N) is 3. The zero-order valence-corrected chi connectivity index (χ0v) is 13.2. The van der Waals surface area contributed by atoms with Gasteiger partial charge in [0.15, 0.2) is 0 Å². The summed E-state index contributed by atoms with van der Waals surface area (Å²) in [5.74, 6) is 1.36. The van der Waals surface area contributed by atoms with Crippen LogP contribution in [0, 0.1) is 6.92 Å². The summed E-state index contributed by atoms with van der Waals surface area (Å²) in [6.45, 7) is 3.34. The van der Waals surface area contributed by atoms with Gasteiger partial charge in [-0.2, -0.15) is 0 Å². The summed E-state index contributed by atoms with van der Waals surface area (Å²) in [7, 11) is -3.17. The number of rotatable bonds is 5. The summed E-state index contributed by atoms with van der Waals surface area (Å²) >= 11 is 0. The van der Waals surface area contributed by atoms with E-state index in [1.54, 1.807) is 0 Å². The van der Waals surface area contributed by atoms with Gasteiger partial charge in [0.25, 0.3) is 0 Å². The fraction of sp³-hybridized carbons (Fsp3) is 0.692. The first-order valence-electron chi connectivity index (χ1n) is 7.05. The normalized spacial score (nSPS) is 20.4. The van der Waals surface area contributed by atoms with E-state index in [1.807, 2.05) is 13.0 Å². The Bertz CT molecular complexity index is 591. The van der Waals surface area contributed by atoms with Crippen LogP contribution in [0.3, 0.4) is 0 Å². The zero-order valence-electron chi connectivity index (χ0n) is 12.4. The number of hydrogen-bond acceptors (Lipinski definition) is 6. The Hall–Kier alpha value is -1.25. The Labute approximate surface area is 125 Å². The minimum atomic E-state index is -3.17. The standard InChI is InChI=1S/C13H22N4O3S/c1-10-8-12(14-5-7-18)16-13(15-10)11-4-3-6-17(9-11)21(2,19)20/h8,11,18H,3-7,9H2,1-2H3,(H,14,15,16)/t11-/m0/s1. The van der Waals surface area contributed by atoms with E-state index in [0.29, 0.717) is 31.3 Å². The van der Waals surface area contributed by atoms with E-state index < -0.39 is 10.0 Å². The third-order valence-corrected chi connectivity index (χ3v) is 4.78. The van der Waals surface area contributed by atoms with Gasteiger partial charge >= 0.3 is 0 Å². The van der Waals surface area contributed by atoms with Crippen LogP contribution < -0.4 is 5.32 Å². The maximum Gasteiger partial charge on any atom is 0.211 e. The molecule has 1 atom stereocenters. The number of aryl methyl sites for hydroxylation is 1. The van der Waals surface area contributed by atoms with E-state index >= 15 is 0 Å². The van der Waals surface area contributed by atoms with Crippen molar-refractivity contribution in [1.82, 2.24) is 14.3 Å². The van der Waals surface area contributed by atoms with Gasteiger partial charge in [0.2, 0.25) is 10.0 Å². The van der Waals surface area contributed by atoms with Gasteiger partial charge in [0.05, 0.1) is 12.9 Å². The first-order chi connectivity index (χ1) is 9.90. The lowest BCUT2D eigenvalue weighted by atomic mass is 9.99. The molecular formula is C13H22N4O3S. The molecule has 1 aromatic heterocycles. The lowest BCUT2D eigenvalue weighted by molar-refractivity contribution is 0.309. The molecule has 0 radical (unpaired) electrons. The van der Waals surface area contributed by atoms with Crippen molar-refractivity contribution in [3.63, 3.8) is 0 Å². The minimum absolute atomic E-state index is 0.0167. The quantitative estimate of drug-likeness (QED) is 0.813. The second-order valence-corrected chi connectivity index (χ2v) is 7.35. The van der Waals surface area contributed by atoms with Crippen LogP contribution in [-0.2, 0) is 10.0 Å². The number of sulfonamides is 1. The molecule has 0 aliphatic carbocycles. The minimum Gasteiger partial charge on any atom is -0.395 e. The molecule has 1 fully saturated rings. The van der Waals surface area contributed by atoms with E-state index in [2.05, 4.69) is 15.3 Å². The van der Waals surface area contributed by atoms with Gasteiger partial charge in [-0.15, -0.1) is 0 Å². The van der Waals surface area contributed by atoms with Crippen LogP contribution in [-0.4, -0.2) is 60.3 Å². The van der Waals surface area contributed by atoms with Crippen molar-refractivity contribution in [2.45, 2.75) is 25.7 Å². The van der Waals surface area contributed by atoms with Gasteiger partial charge < -0.3 is 10.4 Å². The van der Waals surface area contributed by atoms with Crippen LogP contribution in [0.5, 0.6) is 0 Å². The van der Waals surface area contributed by atoms with E-state index in [9.17, 15) is 8.42 Å². The predicted octanol–water partition coefficient (Wildman–Crippen LogP) is 0.328. The molecule has 0 spiro atoms. The van der Waals surface area contributed by atoms with Crippen LogP contribution in [0.2, 0.25) is 0 Å². The Morgan fingerprint density at radius 3 is 2.90 bits per heavy atom. The van der Waals surface area contributed by atoms with Crippen molar-refractivity contribution in [3.8, 4) is 0 Å². The first-order valence-corrected chi connectivity index (χ1v) is 8.90. The summed E-state index contributed by atoms with van der Waals surface area (Å²) in [6.07, 6.45) is 2.93. The summed E-state index contributed by atoms with van der Waals surface area (Å²) < 4.78 is 24.9. The van der Waals surface area contributed by atoms with Gasteiger partial charge in [0, 0.05) is 37.3 Å². The van der Waals surface area contributed by atoms with Crippen molar-refractivity contribution in [2.24, 2.45) is 0 Å². The summed E-state index contributed by atoms with van der Waals surface area (Å²) in [5.41, 5.74) is 0.830. The molecule has 0 unspecified atom stereocenters. The predicted molar refractivity (Wildman–Crippen MR) is 80.7 cm³/mol. The number of aromatic nitrogens is 2. The smallest absolute Gasteiger partial charge is 0.211 e. The van der Waals surface area contributed by atoms with Crippen molar-refractivity contribution in [2.75, 3.05) is 37.8 Å². The fourth-order valence-corrected chi connectivity index (χ4v) is 3.41. The molecule has 1 saturated heterocycles. The number of anilines is 1. The number of hydrogen-bond donors (Lipinski definition) is 2. The van der Waals surface area contributed by atoms with E-state index in [0.717, 1.165) is 18.5 Å². The second kappa shape index (κ2) is 6.67. The molecular weight excluding hydrogens is 292 g/mol. The van der Waals surface area contributed by atoms with Crippen molar-refractivity contribution < 1.29 is 13.5 Å². The summed E-state index contributed by atoms with van der Waals surface area (Å²) in [6, 6.07) is 1.82. The molecule has 2 N–H and O–H groups in total. The average Bonchev–Trinajstić information content (AvgIpc) is 2.44. The van der Waals surface area contributed by atoms with Crippen LogP contribution in [0.25, 0.3) is 0 Å². The van der Waals surface area contributed by atoms with Crippen molar-refractivity contribution in [1.29, 1.82) is 0 Å². The molecule has 1 aliphatic heterocycles. The molecule has 8 heteroatoms. The summed E-state index contributed by atoms with van der Waals surface area (Å²) in [4.78, 5) is 8.90. The van der Waals surface area contributed by atoms with Gasteiger partial charge in [-0.1, -0.05) is 0 Å². The Morgan fingerprint density at radius 1 is 1.48 bits per heavy atom. The third-order valence-electron chi connectivity index (χ3n) is 3.51. The maximum absolute atomic E-state index is 11.7. The highest BCUT2D eigenvalue weighted by Gasteiger charge is 2.28. The fourth-order valence-electron chi connectivity index (χ4n) is 2.50. The lowest BCUT2D eigenvalue weighted by Crippen LogP contribution is -2.38. The molecule has 0 bridgehead atoms. The first kappa shape index (κ1) is 16.1. The number of aliphatic hydroxyl groups is 1. The molecule has 7 nitrogen and oxygen atoms in total. The highest BCUT2D eigenvalue weighted by Crippen LogP contribution is 2.26. The maximum atomic E-state index is 11.7. The summed E-state index contributed by atoms with van der Waals surface area (Å²) in [5, 5.41) is 11.9. The van der Waals surface area contributed by atoms with Crippen LogP contribution in [0.4, 0.5) is 5.82 Å². The third kappa shape index (κ3) is 4.36. The van der Waals surface area contributed by atoms with Crippen LogP contribution in [0.1, 0.15) is 30.3 Å². The molecule has 2 rings (SSSR count). The Morgan fingerprint density at radius 2 is 2.24 bits per heavy atom. The number of nitrogens with one attached hydrogen (secondary N) is 1. The Balaban J connectivity index is 2.18. The van der Waals surface area contributed by atoms with Crippen molar-refractivity contribution >= 4 is 15.8 Å². The Kier molecular flexibility index (Phi) is 5.13. The average molecular weight is 314 g/mol. The lowest BCUT2D eigenvalue weighted by Gasteiger charge is -2.30.